The van der Waals surface area contributed by atoms with Crippen molar-refractivity contribution in [2.75, 3.05) is 47.5 Å². The lowest BCUT2D eigenvalue weighted by molar-refractivity contribution is -0.121. The number of hydrogen-bond acceptors (Lipinski definition) is 4. The lowest BCUT2D eigenvalue weighted by Gasteiger charge is -2.36. The van der Waals surface area contributed by atoms with Crippen LogP contribution in [0.2, 0.25) is 0 Å². The van der Waals surface area contributed by atoms with E-state index in [0.29, 0.717) is 39.1 Å². The topological polar surface area (TPSA) is 71.1 Å². The molecule has 27 heavy (non-hydrogen) atoms. The highest BCUT2D eigenvalue weighted by molar-refractivity contribution is 5.76. The van der Waals surface area contributed by atoms with Crippen molar-refractivity contribution in [1.82, 2.24) is 15.1 Å². The molecular formula is C20H31N3O4. The Labute approximate surface area is 161 Å². The fourth-order valence-corrected chi connectivity index (χ4v) is 3.14. The van der Waals surface area contributed by atoms with Gasteiger partial charge in [-0.1, -0.05) is 12.1 Å². The summed E-state index contributed by atoms with van der Waals surface area (Å²) in [5.74, 6) is 0.803. The van der Waals surface area contributed by atoms with Gasteiger partial charge in [0, 0.05) is 52.9 Å². The summed E-state index contributed by atoms with van der Waals surface area (Å²) >= 11 is 0. The van der Waals surface area contributed by atoms with Crippen LogP contribution in [0.3, 0.4) is 0 Å². The minimum absolute atomic E-state index is 0.00459. The molecule has 0 saturated carbocycles. The maximum absolute atomic E-state index is 12.5. The molecule has 1 fully saturated rings. The zero-order valence-corrected chi connectivity index (χ0v) is 16.6. The Morgan fingerprint density at radius 3 is 2.44 bits per heavy atom. The van der Waals surface area contributed by atoms with Crippen molar-refractivity contribution in [3.05, 3.63) is 29.8 Å². The highest BCUT2D eigenvalue weighted by Crippen LogP contribution is 2.15. The average Bonchev–Trinajstić information content (AvgIpc) is 2.70. The first-order chi connectivity index (χ1) is 13.0. The Balaban J connectivity index is 1.76. The number of methoxy groups -OCH3 is 1. The van der Waals surface area contributed by atoms with E-state index in [4.69, 9.17) is 9.47 Å². The van der Waals surface area contributed by atoms with Crippen molar-refractivity contribution < 1.29 is 19.1 Å². The van der Waals surface area contributed by atoms with E-state index in [1.807, 2.05) is 29.2 Å². The summed E-state index contributed by atoms with van der Waals surface area (Å²) in [5.41, 5.74) is 1.09. The SMILES string of the molecule is COc1ccc(CCC(=O)NCCN(C(=O)N(C)C)C2CCOCC2)cc1. The van der Waals surface area contributed by atoms with Crippen LogP contribution in [-0.4, -0.2) is 75.3 Å². The number of benzene rings is 1. The zero-order chi connectivity index (χ0) is 19.6. The van der Waals surface area contributed by atoms with Crippen molar-refractivity contribution >= 4 is 11.9 Å². The monoisotopic (exact) mass is 377 g/mol. The number of carbonyl (C=O) groups is 2. The van der Waals surface area contributed by atoms with E-state index < -0.39 is 0 Å². The Hall–Kier alpha value is -2.28. The van der Waals surface area contributed by atoms with Gasteiger partial charge in [-0.3, -0.25) is 4.79 Å². The average molecular weight is 377 g/mol. The lowest BCUT2D eigenvalue weighted by atomic mass is 10.1. The van der Waals surface area contributed by atoms with Gasteiger partial charge >= 0.3 is 6.03 Å². The second-order valence-electron chi connectivity index (χ2n) is 6.91. The van der Waals surface area contributed by atoms with E-state index >= 15 is 0 Å². The number of ether oxygens (including phenoxy) is 2. The number of carbonyl (C=O) groups excluding carboxylic acids is 2. The van der Waals surface area contributed by atoms with Crippen molar-refractivity contribution in [1.29, 1.82) is 0 Å². The van der Waals surface area contributed by atoms with Gasteiger partial charge in [-0.25, -0.2) is 4.79 Å². The molecule has 1 aromatic carbocycles. The third kappa shape index (κ3) is 6.75. The number of amides is 3. The molecule has 1 aliphatic heterocycles. The summed E-state index contributed by atoms with van der Waals surface area (Å²) in [7, 11) is 5.14. The minimum Gasteiger partial charge on any atom is -0.497 e. The van der Waals surface area contributed by atoms with Gasteiger partial charge in [-0.05, 0) is 37.0 Å². The van der Waals surface area contributed by atoms with Crippen LogP contribution in [0.1, 0.15) is 24.8 Å². The smallest absolute Gasteiger partial charge is 0.319 e. The quantitative estimate of drug-likeness (QED) is 0.751. The van der Waals surface area contributed by atoms with Crippen LogP contribution >= 0.6 is 0 Å². The summed E-state index contributed by atoms with van der Waals surface area (Å²) in [6, 6.07) is 7.88. The Bertz CT molecular complexity index is 598. The van der Waals surface area contributed by atoms with Crippen LogP contribution in [0, 0.1) is 0 Å². The summed E-state index contributed by atoms with van der Waals surface area (Å²) in [5, 5.41) is 2.93. The summed E-state index contributed by atoms with van der Waals surface area (Å²) < 4.78 is 10.5. The highest BCUT2D eigenvalue weighted by Gasteiger charge is 2.26. The molecule has 7 nitrogen and oxygen atoms in total. The van der Waals surface area contributed by atoms with Gasteiger partial charge in [0.2, 0.25) is 5.91 Å². The van der Waals surface area contributed by atoms with E-state index in [-0.39, 0.29) is 18.0 Å². The van der Waals surface area contributed by atoms with E-state index in [1.54, 1.807) is 26.1 Å². The number of hydrogen-bond donors (Lipinski definition) is 1. The van der Waals surface area contributed by atoms with E-state index in [0.717, 1.165) is 24.2 Å². The molecule has 1 aliphatic rings. The molecule has 0 bridgehead atoms. The molecular weight excluding hydrogens is 346 g/mol. The van der Waals surface area contributed by atoms with Crippen molar-refractivity contribution in [2.24, 2.45) is 0 Å². The molecule has 1 aromatic rings. The first-order valence-electron chi connectivity index (χ1n) is 9.46. The zero-order valence-electron chi connectivity index (χ0n) is 16.6. The van der Waals surface area contributed by atoms with Crippen LogP contribution in [0.4, 0.5) is 4.79 Å². The van der Waals surface area contributed by atoms with E-state index in [1.165, 1.54) is 0 Å². The molecule has 2 rings (SSSR count). The third-order valence-corrected chi connectivity index (χ3v) is 4.73. The summed E-state index contributed by atoms with van der Waals surface area (Å²) in [6.45, 7) is 2.32. The molecule has 0 aliphatic carbocycles. The van der Waals surface area contributed by atoms with Crippen LogP contribution < -0.4 is 10.1 Å². The largest absolute Gasteiger partial charge is 0.497 e. The first-order valence-corrected chi connectivity index (χ1v) is 9.46. The molecule has 0 atom stereocenters. The molecule has 1 saturated heterocycles. The Morgan fingerprint density at radius 1 is 1.19 bits per heavy atom. The van der Waals surface area contributed by atoms with Gasteiger partial charge in [0.1, 0.15) is 5.75 Å². The number of nitrogens with zero attached hydrogens (tertiary/aromatic N) is 2. The molecule has 0 aromatic heterocycles. The van der Waals surface area contributed by atoms with Crippen molar-refractivity contribution in [3.63, 3.8) is 0 Å². The highest BCUT2D eigenvalue weighted by atomic mass is 16.5. The van der Waals surface area contributed by atoms with Gasteiger partial charge < -0.3 is 24.6 Å². The van der Waals surface area contributed by atoms with Crippen LogP contribution in [0.15, 0.2) is 24.3 Å². The molecule has 3 amide bonds. The molecule has 0 unspecified atom stereocenters. The first kappa shape index (κ1) is 21.0. The van der Waals surface area contributed by atoms with Crippen molar-refractivity contribution in [3.8, 4) is 5.75 Å². The molecule has 7 heteroatoms. The van der Waals surface area contributed by atoms with Gasteiger partial charge in [0.15, 0.2) is 0 Å². The van der Waals surface area contributed by atoms with E-state index in [2.05, 4.69) is 5.32 Å². The minimum atomic E-state index is -0.0191. The second-order valence-corrected chi connectivity index (χ2v) is 6.91. The van der Waals surface area contributed by atoms with Gasteiger partial charge in [0.25, 0.3) is 0 Å². The predicted octanol–water partition coefficient (Wildman–Crippen LogP) is 1.91. The Morgan fingerprint density at radius 2 is 1.85 bits per heavy atom. The molecule has 1 N–H and O–H groups in total. The predicted molar refractivity (Wildman–Crippen MR) is 104 cm³/mol. The summed E-state index contributed by atoms with van der Waals surface area (Å²) in [4.78, 5) is 28.0. The van der Waals surface area contributed by atoms with Crippen LogP contribution in [-0.2, 0) is 16.0 Å². The van der Waals surface area contributed by atoms with Crippen molar-refractivity contribution in [2.45, 2.75) is 31.7 Å². The fourth-order valence-electron chi connectivity index (χ4n) is 3.14. The number of urea groups is 1. The number of aryl methyl sites for hydroxylation is 1. The van der Waals surface area contributed by atoms with E-state index in [9.17, 15) is 9.59 Å². The molecule has 1 heterocycles. The van der Waals surface area contributed by atoms with Gasteiger partial charge in [-0.15, -0.1) is 0 Å². The maximum Gasteiger partial charge on any atom is 0.319 e. The number of nitrogens with one attached hydrogen (secondary N) is 1. The normalized spacial score (nSPS) is 14.5. The van der Waals surface area contributed by atoms with Crippen LogP contribution in [0.5, 0.6) is 5.75 Å². The molecule has 150 valence electrons. The fraction of sp³-hybridized carbons (Fsp3) is 0.600. The van der Waals surface area contributed by atoms with Gasteiger partial charge in [-0.2, -0.15) is 0 Å². The standard InChI is InChI=1S/C20H31N3O4/c1-22(2)20(25)23(17-10-14-27-15-11-17)13-12-21-19(24)9-6-16-4-7-18(26-3)8-5-16/h4-5,7-8,17H,6,9-15H2,1-3H3,(H,21,24). The number of rotatable bonds is 8. The van der Waals surface area contributed by atoms with Gasteiger partial charge in [0.05, 0.1) is 7.11 Å². The third-order valence-electron chi connectivity index (χ3n) is 4.73. The van der Waals surface area contributed by atoms with Crippen LogP contribution in [0.25, 0.3) is 0 Å². The maximum atomic E-state index is 12.5. The summed E-state index contributed by atoms with van der Waals surface area (Å²) in [6.07, 6.45) is 2.78. The lowest BCUT2D eigenvalue weighted by Crippen LogP contribution is -2.50. The molecule has 0 radical (unpaired) electrons. The Kier molecular flexibility index (Phi) is 8.39. The molecule has 0 spiro atoms. The second kappa shape index (κ2) is 10.8.